The molecule has 27 heavy (non-hydrogen) atoms. The molecule has 1 aliphatic heterocycles. The third-order valence-electron chi connectivity index (χ3n) is 3.91. The monoisotopic (exact) mass is 393 g/mol. The second-order valence-electron chi connectivity index (χ2n) is 5.63. The maximum atomic E-state index is 12.9. The van der Waals surface area contributed by atoms with E-state index in [1.807, 2.05) is 0 Å². The summed E-state index contributed by atoms with van der Waals surface area (Å²) in [5.74, 6) is -3.25. The van der Waals surface area contributed by atoms with Gasteiger partial charge in [0.2, 0.25) is 15.9 Å². The SMILES string of the molecule is COc1ccc(/C=C/C(=O)[C@@H](C#N)C(N)=O)cc1S(=O)(=O)N1CCOCC1. The fraction of sp³-hybridized carbons (Fsp3) is 0.353. The molecule has 1 aromatic rings. The van der Waals surface area contributed by atoms with Crippen molar-refractivity contribution in [1.29, 1.82) is 5.26 Å². The lowest BCUT2D eigenvalue weighted by Crippen LogP contribution is -2.40. The van der Waals surface area contributed by atoms with Crippen LogP contribution < -0.4 is 10.5 Å². The Kier molecular flexibility index (Phi) is 6.68. The summed E-state index contributed by atoms with van der Waals surface area (Å²) in [6.07, 6.45) is 2.33. The Bertz CT molecular complexity index is 898. The number of nitrogens with zero attached hydrogens (tertiary/aromatic N) is 2. The average Bonchev–Trinajstić information content (AvgIpc) is 2.67. The molecule has 1 amide bonds. The third kappa shape index (κ3) is 4.71. The molecule has 0 aliphatic carbocycles. The van der Waals surface area contributed by atoms with Gasteiger partial charge in [0.05, 0.1) is 26.4 Å². The minimum Gasteiger partial charge on any atom is -0.495 e. The van der Waals surface area contributed by atoms with Crippen molar-refractivity contribution in [3.63, 3.8) is 0 Å². The molecule has 9 nitrogen and oxygen atoms in total. The maximum absolute atomic E-state index is 12.9. The van der Waals surface area contributed by atoms with Crippen molar-refractivity contribution in [2.45, 2.75) is 4.90 Å². The van der Waals surface area contributed by atoms with Gasteiger partial charge in [-0.3, -0.25) is 9.59 Å². The van der Waals surface area contributed by atoms with Crippen LogP contribution in [0.4, 0.5) is 0 Å². The number of rotatable bonds is 7. The van der Waals surface area contributed by atoms with Crippen LogP contribution in [0.15, 0.2) is 29.2 Å². The van der Waals surface area contributed by atoms with Gasteiger partial charge >= 0.3 is 0 Å². The van der Waals surface area contributed by atoms with Crippen LogP contribution >= 0.6 is 0 Å². The number of carbonyl (C=O) groups is 2. The first-order valence-electron chi connectivity index (χ1n) is 7.98. The van der Waals surface area contributed by atoms with Crippen LogP contribution in [-0.2, 0) is 24.3 Å². The van der Waals surface area contributed by atoms with Gasteiger partial charge in [0, 0.05) is 13.1 Å². The van der Waals surface area contributed by atoms with Crippen LogP contribution in [0.1, 0.15) is 5.56 Å². The van der Waals surface area contributed by atoms with Gasteiger partial charge in [-0.1, -0.05) is 12.1 Å². The second-order valence-corrected chi connectivity index (χ2v) is 7.53. The Morgan fingerprint density at radius 3 is 2.59 bits per heavy atom. The Morgan fingerprint density at radius 2 is 2.04 bits per heavy atom. The van der Waals surface area contributed by atoms with Crippen molar-refractivity contribution in [2.75, 3.05) is 33.4 Å². The van der Waals surface area contributed by atoms with Crippen LogP contribution in [0.5, 0.6) is 5.75 Å². The maximum Gasteiger partial charge on any atom is 0.246 e. The number of amides is 1. The van der Waals surface area contributed by atoms with E-state index in [0.717, 1.165) is 6.08 Å². The van der Waals surface area contributed by atoms with E-state index in [1.165, 1.54) is 35.7 Å². The number of allylic oxidation sites excluding steroid dienone is 1. The van der Waals surface area contributed by atoms with E-state index in [4.69, 9.17) is 20.5 Å². The number of primary amides is 1. The molecular weight excluding hydrogens is 374 g/mol. The summed E-state index contributed by atoms with van der Waals surface area (Å²) in [4.78, 5) is 22.9. The Balaban J connectivity index is 2.35. The van der Waals surface area contributed by atoms with Crippen molar-refractivity contribution in [2.24, 2.45) is 11.7 Å². The minimum atomic E-state index is -3.82. The van der Waals surface area contributed by atoms with E-state index in [2.05, 4.69) is 0 Å². The summed E-state index contributed by atoms with van der Waals surface area (Å²) in [5, 5.41) is 8.81. The first-order valence-corrected chi connectivity index (χ1v) is 9.42. The van der Waals surface area contributed by atoms with Crippen LogP contribution in [-0.4, -0.2) is 57.8 Å². The summed E-state index contributed by atoms with van der Waals surface area (Å²) in [6, 6.07) is 5.90. The number of sulfonamides is 1. The molecule has 1 heterocycles. The number of morpholine rings is 1. The molecule has 0 spiro atoms. The molecule has 1 aromatic carbocycles. The molecule has 1 fully saturated rings. The average molecular weight is 393 g/mol. The Labute approximate surface area is 157 Å². The van der Waals surface area contributed by atoms with Gasteiger partial charge in [-0.2, -0.15) is 9.57 Å². The molecule has 0 unspecified atom stereocenters. The molecule has 144 valence electrons. The topological polar surface area (TPSA) is 140 Å². The zero-order chi connectivity index (χ0) is 20.0. The number of nitrogens with two attached hydrogens (primary N) is 1. The molecular formula is C17H19N3O6S. The highest BCUT2D eigenvalue weighted by atomic mass is 32.2. The summed E-state index contributed by atoms with van der Waals surface area (Å²) in [6.45, 7) is 1.07. The summed E-state index contributed by atoms with van der Waals surface area (Å²) in [7, 11) is -2.46. The summed E-state index contributed by atoms with van der Waals surface area (Å²) < 4.78 is 37.4. The van der Waals surface area contributed by atoms with E-state index < -0.39 is 27.6 Å². The highest BCUT2D eigenvalue weighted by Crippen LogP contribution is 2.28. The number of ether oxygens (including phenoxy) is 2. The fourth-order valence-corrected chi connectivity index (χ4v) is 4.07. The zero-order valence-corrected chi connectivity index (χ0v) is 15.4. The number of hydrogen-bond donors (Lipinski definition) is 1. The Morgan fingerprint density at radius 1 is 1.37 bits per heavy atom. The van der Waals surface area contributed by atoms with E-state index >= 15 is 0 Å². The number of carbonyl (C=O) groups excluding carboxylic acids is 2. The van der Waals surface area contributed by atoms with Crippen LogP contribution in [0.3, 0.4) is 0 Å². The quantitative estimate of drug-likeness (QED) is 0.505. The smallest absolute Gasteiger partial charge is 0.246 e. The van der Waals surface area contributed by atoms with Gasteiger partial charge in [-0.15, -0.1) is 0 Å². The molecule has 0 aromatic heterocycles. The Hall–Kier alpha value is -2.74. The van der Waals surface area contributed by atoms with Crippen LogP contribution in [0.25, 0.3) is 6.08 Å². The van der Waals surface area contributed by atoms with Crippen molar-refractivity contribution >= 4 is 27.8 Å². The molecule has 0 saturated carbocycles. The zero-order valence-electron chi connectivity index (χ0n) is 14.6. The van der Waals surface area contributed by atoms with E-state index in [-0.39, 0.29) is 23.7 Å². The lowest BCUT2D eigenvalue weighted by Gasteiger charge is -2.26. The lowest BCUT2D eigenvalue weighted by molar-refractivity contribution is -0.127. The van der Waals surface area contributed by atoms with Crippen LogP contribution in [0.2, 0.25) is 0 Å². The van der Waals surface area contributed by atoms with Gasteiger partial charge in [0.25, 0.3) is 0 Å². The second kappa shape index (κ2) is 8.77. The van der Waals surface area contributed by atoms with Crippen molar-refractivity contribution in [3.8, 4) is 11.8 Å². The molecule has 0 radical (unpaired) electrons. The predicted molar refractivity (Wildman–Crippen MR) is 94.9 cm³/mol. The third-order valence-corrected chi connectivity index (χ3v) is 5.83. The molecule has 2 rings (SSSR count). The van der Waals surface area contributed by atoms with Gasteiger partial charge in [-0.25, -0.2) is 8.42 Å². The number of benzene rings is 1. The highest BCUT2D eigenvalue weighted by Gasteiger charge is 2.29. The van der Waals surface area contributed by atoms with Crippen molar-refractivity contribution < 1.29 is 27.5 Å². The van der Waals surface area contributed by atoms with E-state index in [9.17, 15) is 18.0 Å². The molecule has 10 heteroatoms. The first-order chi connectivity index (χ1) is 12.8. The largest absolute Gasteiger partial charge is 0.495 e. The lowest BCUT2D eigenvalue weighted by atomic mass is 10.0. The van der Waals surface area contributed by atoms with Crippen LogP contribution in [0, 0.1) is 17.2 Å². The highest BCUT2D eigenvalue weighted by molar-refractivity contribution is 7.89. The van der Waals surface area contributed by atoms with Gasteiger partial charge in [-0.05, 0) is 23.8 Å². The predicted octanol–water partition coefficient (Wildman–Crippen LogP) is -0.0765. The number of ketones is 1. The standard InChI is InChI=1S/C17H19N3O6S/c1-25-15-5-3-12(2-4-14(21)13(11-18)17(19)22)10-16(15)27(23,24)20-6-8-26-9-7-20/h2-5,10,13H,6-9H2,1H3,(H2,19,22)/b4-2+/t13-/m1/s1. The fourth-order valence-electron chi connectivity index (χ4n) is 2.47. The normalized spacial score (nSPS) is 16.6. The van der Waals surface area contributed by atoms with E-state index in [0.29, 0.717) is 18.8 Å². The van der Waals surface area contributed by atoms with Gasteiger partial charge in [0.1, 0.15) is 10.6 Å². The summed E-state index contributed by atoms with van der Waals surface area (Å²) >= 11 is 0. The summed E-state index contributed by atoms with van der Waals surface area (Å²) in [5.41, 5.74) is 5.38. The number of methoxy groups -OCH3 is 1. The van der Waals surface area contributed by atoms with Gasteiger partial charge in [0.15, 0.2) is 11.7 Å². The molecule has 0 bridgehead atoms. The molecule has 1 aliphatic rings. The van der Waals surface area contributed by atoms with Gasteiger partial charge < -0.3 is 15.2 Å². The molecule has 1 atom stereocenters. The molecule has 2 N–H and O–H groups in total. The number of nitriles is 1. The molecule has 1 saturated heterocycles. The van der Waals surface area contributed by atoms with Crippen molar-refractivity contribution in [3.05, 3.63) is 29.8 Å². The van der Waals surface area contributed by atoms with E-state index in [1.54, 1.807) is 6.07 Å². The minimum absolute atomic E-state index is 0.0479. The van der Waals surface area contributed by atoms with Crippen molar-refractivity contribution in [1.82, 2.24) is 4.31 Å². The number of hydrogen-bond acceptors (Lipinski definition) is 7. The first kappa shape index (κ1) is 20.6.